The SMILES string of the molecule is CCC(C)(CC)Oc1ccc(C=NN(C)[P+](=S)C(CC)(CC)Oc2ccc(C(NC)P(=O)(OC)OC)cc2)cc1. The number of ether oxygens (including phenoxy) is 2. The normalized spacial score (nSPS) is 13.8. The molecule has 11 heteroatoms. The monoisotopic (exact) mass is 610 g/mol. The van der Waals surface area contributed by atoms with E-state index in [2.05, 4.69) is 45.0 Å². The molecule has 0 saturated carbocycles. The number of nitrogens with zero attached hydrogens (tertiary/aromatic N) is 2. The van der Waals surface area contributed by atoms with Gasteiger partial charge in [0.2, 0.25) is 0 Å². The van der Waals surface area contributed by atoms with Gasteiger partial charge in [0.05, 0.1) is 13.3 Å². The second-order valence-corrected chi connectivity index (χ2v) is 15.1. The highest BCUT2D eigenvalue weighted by Gasteiger charge is 2.48. The molecule has 0 spiro atoms. The van der Waals surface area contributed by atoms with E-state index in [1.165, 1.54) is 14.2 Å². The van der Waals surface area contributed by atoms with Crippen molar-refractivity contribution in [1.29, 1.82) is 0 Å². The van der Waals surface area contributed by atoms with Gasteiger partial charge in [-0.2, -0.15) is 0 Å². The van der Waals surface area contributed by atoms with Gasteiger partial charge in [0.15, 0.2) is 11.8 Å². The molecule has 0 amide bonds. The molecular formula is C29H46N3O5P2S+. The Labute approximate surface area is 246 Å². The molecule has 8 nitrogen and oxygen atoms in total. The van der Waals surface area contributed by atoms with Crippen LogP contribution in [0.25, 0.3) is 0 Å². The van der Waals surface area contributed by atoms with Crippen LogP contribution in [-0.4, -0.2) is 50.3 Å². The maximum absolute atomic E-state index is 12.9. The van der Waals surface area contributed by atoms with E-state index in [0.29, 0.717) is 5.75 Å². The van der Waals surface area contributed by atoms with Crippen molar-refractivity contribution in [2.75, 3.05) is 28.3 Å². The minimum absolute atomic E-state index is 0.164. The second kappa shape index (κ2) is 15.4. The van der Waals surface area contributed by atoms with Crippen molar-refractivity contribution in [3.63, 3.8) is 0 Å². The smallest absolute Gasteiger partial charge is 0.358 e. The third-order valence-corrected chi connectivity index (χ3v) is 13.4. The van der Waals surface area contributed by atoms with Crippen LogP contribution >= 0.6 is 14.4 Å². The van der Waals surface area contributed by atoms with Crippen molar-refractivity contribution in [2.24, 2.45) is 5.10 Å². The third kappa shape index (κ3) is 8.34. The molecule has 2 unspecified atom stereocenters. The maximum Gasteiger partial charge on any atom is 0.358 e. The molecule has 40 heavy (non-hydrogen) atoms. The molecule has 2 aromatic carbocycles. The van der Waals surface area contributed by atoms with Crippen molar-refractivity contribution in [3.05, 3.63) is 59.7 Å². The first kappa shape index (κ1) is 34.3. The minimum atomic E-state index is -3.35. The average molecular weight is 611 g/mol. The third-order valence-electron chi connectivity index (χ3n) is 7.43. The fourth-order valence-corrected chi connectivity index (χ4v) is 8.03. The zero-order chi connectivity index (χ0) is 30.0. The van der Waals surface area contributed by atoms with E-state index in [-0.39, 0.29) is 5.60 Å². The molecule has 0 aliphatic heterocycles. The largest absolute Gasteiger partial charge is 0.488 e. The van der Waals surface area contributed by atoms with Crippen LogP contribution in [0.1, 0.15) is 77.2 Å². The van der Waals surface area contributed by atoms with Crippen LogP contribution in [0.3, 0.4) is 0 Å². The summed E-state index contributed by atoms with van der Waals surface area (Å²) in [7, 11) is 3.03. The van der Waals surface area contributed by atoms with E-state index >= 15 is 0 Å². The Morgan fingerprint density at radius 3 is 1.90 bits per heavy atom. The van der Waals surface area contributed by atoms with E-state index in [9.17, 15) is 4.57 Å². The van der Waals surface area contributed by atoms with Gasteiger partial charge in [-0.15, -0.1) is 9.88 Å². The van der Waals surface area contributed by atoms with Crippen molar-refractivity contribution >= 4 is 32.5 Å². The molecule has 0 aromatic heterocycles. The molecule has 0 saturated heterocycles. The van der Waals surface area contributed by atoms with Crippen molar-refractivity contribution in [1.82, 2.24) is 10.1 Å². The zero-order valence-corrected chi connectivity index (χ0v) is 27.9. The zero-order valence-electron chi connectivity index (χ0n) is 25.3. The molecule has 1 N–H and O–H groups in total. The first-order chi connectivity index (χ1) is 19.0. The maximum atomic E-state index is 12.9. The van der Waals surface area contributed by atoms with Crippen LogP contribution in [0.2, 0.25) is 0 Å². The summed E-state index contributed by atoms with van der Waals surface area (Å²) in [5.41, 5.74) is 1.57. The lowest BCUT2D eigenvalue weighted by Gasteiger charge is -2.28. The second-order valence-electron chi connectivity index (χ2n) is 9.76. The average Bonchev–Trinajstić information content (AvgIpc) is 2.99. The Kier molecular flexibility index (Phi) is 13.2. The number of hydrogen-bond donors (Lipinski definition) is 1. The molecule has 222 valence electrons. The van der Waals surface area contributed by atoms with Crippen LogP contribution in [0.4, 0.5) is 0 Å². The first-order valence-electron chi connectivity index (χ1n) is 13.7. The Hall–Kier alpha value is -1.86. The molecular weight excluding hydrogens is 564 g/mol. The van der Waals surface area contributed by atoms with Gasteiger partial charge in [0, 0.05) is 27.1 Å². The van der Waals surface area contributed by atoms with Crippen LogP contribution in [0.15, 0.2) is 53.6 Å². The highest BCUT2D eigenvalue weighted by molar-refractivity contribution is 8.04. The first-order valence-corrected chi connectivity index (χ1v) is 17.6. The van der Waals surface area contributed by atoms with Crippen molar-refractivity contribution < 1.29 is 23.1 Å². The molecule has 2 aromatic rings. The van der Waals surface area contributed by atoms with Gasteiger partial charge in [-0.3, -0.25) is 4.57 Å². The highest BCUT2D eigenvalue weighted by Crippen LogP contribution is 2.58. The van der Waals surface area contributed by atoms with Crippen LogP contribution in [0, 0.1) is 0 Å². The van der Waals surface area contributed by atoms with Gasteiger partial charge in [-0.25, -0.2) is 0 Å². The molecule has 0 heterocycles. The van der Waals surface area contributed by atoms with Gasteiger partial charge >= 0.3 is 14.4 Å². The Balaban J connectivity index is 2.17. The number of hydrogen-bond acceptors (Lipinski definition) is 8. The molecule has 0 bridgehead atoms. The summed E-state index contributed by atoms with van der Waals surface area (Å²) >= 11 is 6.03. The van der Waals surface area contributed by atoms with Gasteiger partial charge in [-0.05, 0) is 74.3 Å². The van der Waals surface area contributed by atoms with Crippen LogP contribution in [0.5, 0.6) is 11.5 Å². The molecule has 2 rings (SSSR count). The fraction of sp³-hybridized carbons (Fsp3) is 0.552. The summed E-state index contributed by atoms with van der Waals surface area (Å²) < 4.78 is 37.9. The summed E-state index contributed by atoms with van der Waals surface area (Å²) in [5.74, 6) is 0.938. The summed E-state index contributed by atoms with van der Waals surface area (Å²) in [6, 6.07) is 15.4. The lowest BCUT2D eigenvalue weighted by Crippen LogP contribution is -2.33. The van der Waals surface area contributed by atoms with Crippen LogP contribution in [-0.2, 0) is 25.4 Å². The van der Waals surface area contributed by atoms with E-state index in [1.54, 1.807) is 7.05 Å². The molecule has 0 fully saturated rings. The molecule has 0 radical (unpaired) electrons. The lowest BCUT2D eigenvalue weighted by molar-refractivity contribution is 0.0803. The number of benzene rings is 2. The van der Waals surface area contributed by atoms with E-state index in [1.807, 2.05) is 66.6 Å². The summed E-state index contributed by atoms with van der Waals surface area (Å²) in [4.78, 5) is 0. The van der Waals surface area contributed by atoms with Crippen LogP contribution < -0.4 is 14.8 Å². The molecule has 0 aliphatic carbocycles. The van der Waals surface area contributed by atoms with Gasteiger partial charge in [-0.1, -0.05) is 39.8 Å². The number of nitrogens with one attached hydrogen (secondary N) is 1. The molecule has 2 atom stereocenters. The van der Waals surface area contributed by atoms with E-state index in [0.717, 1.165) is 42.6 Å². The molecule has 0 aliphatic rings. The Morgan fingerprint density at radius 1 is 0.950 bits per heavy atom. The number of rotatable bonds is 17. The summed E-state index contributed by atoms with van der Waals surface area (Å²) in [6.45, 7) is 9.37. The van der Waals surface area contributed by atoms with E-state index in [4.69, 9.17) is 30.3 Å². The van der Waals surface area contributed by atoms with Gasteiger partial charge < -0.3 is 23.8 Å². The minimum Gasteiger partial charge on any atom is -0.488 e. The predicted molar refractivity (Wildman–Crippen MR) is 170 cm³/mol. The lowest BCUT2D eigenvalue weighted by atomic mass is 10.00. The fourth-order valence-electron chi connectivity index (χ4n) is 4.20. The standard InChI is InChI=1S/C29H46N3O5P2S/c1-10-28(5,11-2)36-25-18-14-23(15-19-25)22-31-32(7)38(40)29(12-3,13-4)37-26-20-16-24(17-21-26)27(30-6)39(33,34-8)35-9/h14-22,27,30H,10-13H2,1-9H3/q+1. The quantitative estimate of drug-likeness (QED) is 0.109. The number of hydrazone groups is 1. The van der Waals surface area contributed by atoms with Crippen molar-refractivity contribution in [3.8, 4) is 11.5 Å². The van der Waals surface area contributed by atoms with Gasteiger partial charge in [0.25, 0.3) is 5.34 Å². The van der Waals surface area contributed by atoms with E-state index < -0.39 is 25.6 Å². The summed E-state index contributed by atoms with van der Waals surface area (Å²) in [6.07, 6.45) is 5.16. The Bertz CT molecular complexity index is 1150. The van der Waals surface area contributed by atoms with Crippen molar-refractivity contribution in [2.45, 2.75) is 77.0 Å². The summed E-state index contributed by atoms with van der Waals surface area (Å²) in [5, 5.41) is 7.12. The predicted octanol–water partition coefficient (Wildman–Crippen LogP) is 8.07. The highest BCUT2D eigenvalue weighted by atomic mass is 32.4. The van der Waals surface area contributed by atoms with Gasteiger partial charge in [0.1, 0.15) is 22.9 Å². The Morgan fingerprint density at radius 2 is 1.45 bits per heavy atom. The topological polar surface area (TPSA) is 81.6 Å².